The van der Waals surface area contributed by atoms with Crippen molar-refractivity contribution in [2.75, 3.05) is 39.8 Å². The molecule has 0 bridgehead atoms. The number of carbonyl (C=O) groups excluding carboxylic acids is 2. The summed E-state index contributed by atoms with van der Waals surface area (Å²) in [5.74, 6) is 0.0860. The van der Waals surface area contributed by atoms with Crippen LogP contribution in [0.4, 0.5) is 0 Å². The maximum absolute atomic E-state index is 12.9. The molecule has 5 rings (SSSR count). The average molecular weight is 454 g/mol. The van der Waals surface area contributed by atoms with E-state index >= 15 is 0 Å². The van der Waals surface area contributed by atoms with E-state index in [9.17, 15) is 14.4 Å². The Kier molecular flexibility index (Phi) is 6.03. The molecule has 0 radical (unpaired) electrons. The maximum Gasteiger partial charge on any atom is 0.326 e. The lowest BCUT2D eigenvalue weighted by molar-refractivity contribution is -0.135. The Morgan fingerprint density at radius 3 is 2.42 bits per heavy atom. The van der Waals surface area contributed by atoms with Crippen molar-refractivity contribution in [3.63, 3.8) is 0 Å². The summed E-state index contributed by atoms with van der Waals surface area (Å²) in [5.41, 5.74) is 2.44. The molecule has 1 aromatic carbocycles. The van der Waals surface area contributed by atoms with Gasteiger partial charge in [-0.2, -0.15) is 0 Å². The van der Waals surface area contributed by atoms with Gasteiger partial charge in [-0.3, -0.25) is 19.1 Å². The van der Waals surface area contributed by atoms with E-state index in [-0.39, 0.29) is 23.5 Å². The third-order valence-corrected chi connectivity index (χ3v) is 8.33. The van der Waals surface area contributed by atoms with E-state index in [0.29, 0.717) is 23.0 Å². The number of aromatic amines is 1. The fraction of sp³-hybridized carbons (Fsp3) is 0.640. The molecule has 0 atom stereocenters. The SMILES string of the molecule is CNC(=O)c1ccc2c(c1)[nH]c(=O)n2C1CCN(CC(=O)N2CCC3(CCCC3)CC2)CC1. The van der Waals surface area contributed by atoms with Gasteiger partial charge in [-0.25, -0.2) is 4.79 Å². The van der Waals surface area contributed by atoms with Gasteiger partial charge in [0.2, 0.25) is 5.91 Å². The molecule has 8 nitrogen and oxygen atoms in total. The van der Waals surface area contributed by atoms with Gasteiger partial charge in [0.05, 0.1) is 17.6 Å². The first-order valence-electron chi connectivity index (χ1n) is 12.4. The number of amides is 2. The van der Waals surface area contributed by atoms with Gasteiger partial charge < -0.3 is 15.2 Å². The van der Waals surface area contributed by atoms with Crippen LogP contribution in [0.25, 0.3) is 11.0 Å². The van der Waals surface area contributed by atoms with Crippen molar-refractivity contribution in [1.82, 2.24) is 24.7 Å². The molecule has 2 aliphatic heterocycles. The van der Waals surface area contributed by atoms with Crippen LogP contribution in [0.5, 0.6) is 0 Å². The average Bonchev–Trinajstić information content (AvgIpc) is 3.42. The second-order valence-corrected chi connectivity index (χ2v) is 10.2. The van der Waals surface area contributed by atoms with Gasteiger partial charge in [-0.05, 0) is 62.1 Å². The first kappa shape index (κ1) is 22.2. The van der Waals surface area contributed by atoms with Crippen LogP contribution in [0.15, 0.2) is 23.0 Å². The third-order valence-electron chi connectivity index (χ3n) is 8.33. The van der Waals surface area contributed by atoms with E-state index in [1.54, 1.807) is 19.2 Å². The van der Waals surface area contributed by atoms with Gasteiger partial charge in [0, 0.05) is 44.8 Å². The fourth-order valence-electron chi connectivity index (χ4n) is 6.26. The minimum atomic E-state index is -0.171. The molecule has 178 valence electrons. The van der Waals surface area contributed by atoms with Crippen molar-refractivity contribution < 1.29 is 9.59 Å². The third kappa shape index (κ3) is 4.33. The van der Waals surface area contributed by atoms with Crippen molar-refractivity contribution in [3.8, 4) is 0 Å². The molecular weight excluding hydrogens is 418 g/mol. The van der Waals surface area contributed by atoms with Crippen molar-refractivity contribution in [1.29, 1.82) is 0 Å². The number of H-pyrrole nitrogens is 1. The molecule has 0 unspecified atom stereocenters. The number of piperidine rings is 2. The second-order valence-electron chi connectivity index (χ2n) is 10.2. The Bertz CT molecular complexity index is 1080. The standard InChI is InChI=1S/C25H35N5O3/c1-26-23(32)18-4-5-21-20(16-18)27-24(33)30(21)19-6-12-28(13-7-19)17-22(31)29-14-10-25(11-15-29)8-2-3-9-25/h4-5,16,19H,2-3,6-15,17H2,1H3,(H,26,32)(H,27,33). The van der Waals surface area contributed by atoms with Crippen LogP contribution in [0.2, 0.25) is 0 Å². The Balaban J connectivity index is 1.18. The molecule has 2 N–H and O–H groups in total. The molecule has 1 spiro atoms. The van der Waals surface area contributed by atoms with Crippen LogP contribution in [-0.4, -0.2) is 70.9 Å². The van der Waals surface area contributed by atoms with Crippen LogP contribution >= 0.6 is 0 Å². The van der Waals surface area contributed by atoms with Gasteiger partial charge in [-0.1, -0.05) is 12.8 Å². The van der Waals surface area contributed by atoms with Crippen LogP contribution in [0.3, 0.4) is 0 Å². The number of rotatable bonds is 4. The Labute approximate surface area is 194 Å². The van der Waals surface area contributed by atoms with Crippen LogP contribution in [0, 0.1) is 5.41 Å². The normalized spacial score (nSPS) is 21.7. The molecule has 1 aromatic heterocycles. The summed E-state index contributed by atoms with van der Waals surface area (Å²) in [7, 11) is 1.59. The summed E-state index contributed by atoms with van der Waals surface area (Å²) < 4.78 is 1.83. The number of nitrogens with one attached hydrogen (secondary N) is 2. The smallest absolute Gasteiger partial charge is 0.326 e. The quantitative estimate of drug-likeness (QED) is 0.744. The summed E-state index contributed by atoms with van der Waals surface area (Å²) in [6.07, 6.45) is 9.43. The molecule has 3 aliphatic rings. The highest BCUT2D eigenvalue weighted by Crippen LogP contribution is 2.46. The first-order chi connectivity index (χ1) is 16.0. The summed E-state index contributed by atoms with van der Waals surface area (Å²) in [5, 5.41) is 2.61. The van der Waals surface area contributed by atoms with Crippen molar-refractivity contribution >= 4 is 22.8 Å². The predicted molar refractivity (Wildman–Crippen MR) is 127 cm³/mol. The Morgan fingerprint density at radius 1 is 1.06 bits per heavy atom. The first-order valence-corrected chi connectivity index (χ1v) is 12.4. The lowest BCUT2D eigenvalue weighted by atomic mass is 9.77. The summed E-state index contributed by atoms with van der Waals surface area (Å²) in [6, 6.07) is 5.43. The minimum absolute atomic E-state index is 0.0978. The summed E-state index contributed by atoms with van der Waals surface area (Å²) in [6.45, 7) is 3.93. The molecule has 3 fully saturated rings. The number of fused-ring (bicyclic) bond motifs is 1. The lowest BCUT2D eigenvalue weighted by Crippen LogP contribution is -2.48. The van der Waals surface area contributed by atoms with Crippen molar-refractivity contribution in [2.45, 2.75) is 57.4 Å². The topological polar surface area (TPSA) is 90.4 Å². The van der Waals surface area contributed by atoms with E-state index in [0.717, 1.165) is 44.5 Å². The highest BCUT2D eigenvalue weighted by atomic mass is 16.2. The number of carbonyl (C=O) groups is 2. The predicted octanol–water partition coefficient (Wildman–Crippen LogP) is 2.51. The zero-order chi connectivity index (χ0) is 23.0. The maximum atomic E-state index is 12.9. The number of nitrogens with zero attached hydrogens (tertiary/aromatic N) is 3. The zero-order valence-corrected chi connectivity index (χ0v) is 19.6. The van der Waals surface area contributed by atoms with E-state index in [1.807, 2.05) is 10.6 Å². The highest BCUT2D eigenvalue weighted by Gasteiger charge is 2.38. The molecule has 2 saturated heterocycles. The number of benzene rings is 1. The second kappa shape index (κ2) is 8.97. The molecular formula is C25H35N5O3. The number of imidazole rings is 1. The Morgan fingerprint density at radius 2 is 1.76 bits per heavy atom. The Hall–Kier alpha value is -2.61. The van der Waals surface area contributed by atoms with E-state index in [4.69, 9.17) is 0 Å². The highest BCUT2D eigenvalue weighted by molar-refractivity contribution is 5.97. The molecule has 8 heteroatoms. The van der Waals surface area contributed by atoms with E-state index in [1.165, 1.54) is 38.5 Å². The summed E-state index contributed by atoms with van der Waals surface area (Å²) >= 11 is 0. The fourth-order valence-corrected chi connectivity index (χ4v) is 6.26. The van der Waals surface area contributed by atoms with Gasteiger partial charge in [0.25, 0.3) is 5.91 Å². The van der Waals surface area contributed by atoms with Crippen molar-refractivity contribution in [3.05, 3.63) is 34.2 Å². The van der Waals surface area contributed by atoms with Crippen molar-refractivity contribution in [2.24, 2.45) is 5.41 Å². The van der Waals surface area contributed by atoms with E-state index in [2.05, 4.69) is 20.1 Å². The summed E-state index contributed by atoms with van der Waals surface area (Å²) in [4.78, 5) is 44.7. The monoisotopic (exact) mass is 453 g/mol. The van der Waals surface area contributed by atoms with E-state index < -0.39 is 0 Å². The van der Waals surface area contributed by atoms with Gasteiger partial charge in [0.15, 0.2) is 0 Å². The molecule has 3 heterocycles. The molecule has 2 aromatic rings. The van der Waals surface area contributed by atoms with Crippen LogP contribution < -0.4 is 11.0 Å². The number of aromatic nitrogens is 2. The number of hydrogen-bond acceptors (Lipinski definition) is 4. The molecule has 1 saturated carbocycles. The van der Waals surface area contributed by atoms with Gasteiger partial charge in [-0.15, -0.1) is 0 Å². The number of likely N-dealkylation sites (tertiary alicyclic amines) is 2. The molecule has 2 amide bonds. The largest absolute Gasteiger partial charge is 0.355 e. The van der Waals surface area contributed by atoms with Gasteiger partial charge in [0.1, 0.15) is 0 Å². The molecule has 33 heavy (non-hydrogen) atoms. The van der Waals surface area contributed by atoms with Crippen LogP contribution in [0.1, 0.15) is 67.8 Å². The lowest BCUT2D eigenvalue weighted by Gasteiger charge is -2.40. The molecule has 1 aliphatic carbocycles. The zero-order valence-electron chi connectivity index (χ0n) is 19.6. The minimum Gasteiger partial charge on any atom is -0.355 e. The van der Waals surface area contributed by atoms with Crippen LogP contribution in [-0.2, 0) is 4.79 Å². The number of hydrogen-bond donors (Lipinski definition) is 2. The van der Waals surface area contributed by atoms with Gasteiger partial charge >= 0.3 is 5.69 Å².